The van der Waals surface area contributed by atoms with Crippen molar-refractivity contribution in [2.75, 3.05) is 27.1 Å². The lowest BCUT2D eigenvalue weighted by atomic mass is 10.1. The predicted octanol–water partition coefficient (Wildman–Crippen LogP) is 1.76. The van der Waals surface area contributed by atoms with Gasteiger partial charge in [0.2, 0.25) is 12.7 Å². The summed E-state index contributed by atoms with van der Waals surface area (Å²) in [6.45, 7) is 1.87. The molecule has 0 saturated carbocycles. The molecular formula is C18H23N3O4. The van der Waals surface area contributed by atoms with Crippen molar-refractivity contribution < 1.29 is 19.0 Å². The van der Waals surface area contributed by atoms with Gasteiger partial charge in [0, 0.05) is 45.4 Å². The van der Waals surface area contributed by atoms with Gasteiger partial charge in [-0.2, -0.15) is 5.10 Å². The number of carbonyl (C=O) groups is 1. The molecule has 0 unspecified atom stereocenters. The SMILES string of the molecule is COCCN(Cc1cnn(C)c1)C(=O)CCc1ccc2c(c1)OCO2. The zero-order valence-corrected chi connectivity index (χ0v) is 14.6. The van der Waals surface area contributed by atoms with Gasteiger partial charge in [-0.15, -0.1) is 0 Å². The summed E-state index contributed by atoms with van der Waals surface area (Å²) >= 11 is 0. The highest BCUT2D eigenvalue weighted by Gasteiger charge is 2.17. The average Bonchev–Trinajstić information content (AvgIpc) is 3.24. The molecule has 134 valence electrons. The topological polar surface area (TPSA) is 65.8 Å². The monoisotopic (exact) mass is 345 g/mol. The van der Waals surface area contributed by atoms with Gasteiger partial charge in [-0.25, -0.2) is 0 Å². The minimum atomic E-state index is 0.0959. The molecule has 0 saturated heterocycles. The van der Waals surface area contributed by atoms with Gasteiger partial charge in [0.25, 0.3) is 0 Å². The van der Waals surface area contributed by atoms with E-state index in [0.717, 1.165) is 22.6 Å². The molecule has 0 bridgehead atoms. The first-order valence-corrected chi connectivity index (χ1v) is 8.28. The number of fused-ring (bicyclic) bond motifs is 1. The first kappa shape index (κ1) is 17.3. The van der Waals surface area contributed by atoms with Crippen molar-refractivity contribution >= 4 is 5.91 Å². The number of aromatic nitrogens is 2. The number of ether oxygens (including phenoxy) is 3. The van der Waals surface area contributed by atoms with Crippen LogP contribution >= 0.6 is 0 Å². The highest BCUT2D eigenvalue weighted by atomic mass is 16.7. The molecule has 2 heterocycles. The molecule has 1 aliphatic heterocycles. The summed E-state index contributed by atoms with van der Waals surface area (Å²) in [6, 6.07) is 5.80. The Balaban J connectivity index is 1.59. The quantitative estimate of drug-likeness (QED) is 0.729. The maximum atomic E-state index is 12.7. The van der Waals surface area contributed by atoms with Crippen LogP contribution in [0.5, 0.6) is 11.5 Å². The summed E-state index contributed by atoms with van der Waals surface area (Å²) in [5.41, 5.74) is 2.07. The number of hydrogen-bond acceptors (Lipinski definition) is 5. The van der Waals surface area contributed by atoms with Crippen molar-refractivity contribution in [3.8, 4) is 11.5 Å². The molecule has 0 spiro atoms. The Morgan fingerprint density at radius 3 is 2.92 bits per heavy atom. The van der Waals surface area contributed by atoms with E-state index in [1.54, 1.807) is 18.0 Å². The van der Waals surface area contributed by atoms with Crippen molar-refractivity contribution in [3.63, 3.8) is 0 Å². The van der Waals surface area contributed by atoms with E-state index in [-0.39, 0.29) is 12.7 Å². The molecule has 0 radical (unpaired) electrons. The highest BCUT2D eigenvalue weighted by molar-refractivity contribution is 5.76. The second-order valence-electron chi connectivity index (χ2n) is 6.02. The Kier molecular flexibility index (Phi) is 5.55. The van der Waals surface area contributed by atoms with Gasteiger partial charge in [0.1, 0.15) is 0 Å². The molecule has 1 aromatic carbocycles. The minimum Gasteiger partial charge on any atom is -0.454 e. The largest absolute Gasteiger partial charge is 0.454 e. The van der Waals surface area contributed by atoms with Crippen LogP contribution in [0.25, 0.3) is 0 Å². The summed E-state index contributed by atoms with van der Waals surface area (Å²) < 4.78 is 17.6. The van der Waals surface area contributed by atoms with Crippen LogP contribution in [-0.2, 0) is 29.5 Å². The third-order valence-electron chi connectivity index (χ3n) is 4.11. The molecule has 0 aliphatic carbocycles. The molecule has 1 amide bonds. The number of carbonyl (C=O) groups excluding carboxylic acids is 1. The fourth-order valence-corrected chi connectivity index (χ4v) is 2.77. The summed E-state index contributed by atoms with van der Waals surface area (Å²) in [6.07, 6.45) is 4.80. The molecule has 0 fully saturated rings. The average molecular weight is 345 g/mol. The smallest absolute Gasteiger partial charge is 0.231 e. The molecular weight excluding hydrogens is 322 g/mol. The number of aryl methyl sites for hydroxylation is 2. The van der Waals surface area contributed by atoms with E-state index in [0.29, 0.717) is 32.5 Å². The van der Waals surface area contributed by atoms with E-state index in [9.17, 15) is 4.79 Å². The molecule has 0 N–H and O–H groups in total. The number of hydrogen-bond donors (Lipinski definition) is 0. The normalized spacial score (nSPS) is 12.4. The van der Waals surface area contributed by atoms with Crippen LogP contribution in [0.15, 0.2) is 30.6 Å². The Morgan fingerprint density at radius 2 is 2.16 bits per heavy atom. The van der Waals surface area contributed by atoms with Crippen molar-refractivity contribution in [3.05, 3.63) is 41.7 Å². The third-order valence-corrected chi connectivity index (χ3v) is 4.11. The van der Waals surface area contributed by atoms with Crippen LogP contribution in [0.2, 0.25) is 0 Å². The van der Waals surface area contributed by atoms with Crippen LogP contribution in [0.1, 0.15) is 17.5 Å². The molecule has 0 atom stereocenters. The number of methoxy groups -OCH3 is 1. The van der Waals surface area contributed by atoms with Crippen molar-refractivity contribution in [2.24, 2.45) is 7.05 Å². The van der Waals surface area contributed by atoms with Crippen LogP contribution in [0, 0.1) is 0 Å². The molecule has 1 aliphatic rings. The third kappa shape index (κ3) is 4.51. The Bertz CT molecular complexity index is 729. The highest BCUT2D eigenvalue weighted by Crippen LogP contribution is 2.32. The van der Waals surface area contributed by atoms with Crippen molar-refractivity contribution in [2.45, 2.75) is 19.4 Å². The summed E-state index contributed by atoms with van der Waals surface area (Å²) in [5, 5.41) is 4.16. The maximum Gasteiger partial charge on any atom is 0.231 e. The predicted molar refractivity (Wildman–Crippen MR) is 91.4 cm³/mol. The number of rotatable bonds is 8. The first-order chi connectivity index (χ1) is 12.2. The van der Waals surface area contributed by atoms with E-state index in [1.165, 1.54) is 0 Å². The van der Waals surface area contributed by atoms with Gasteiger partial charge in [-0.1, -0.05) is 6.07 Å². The molecule has 1 aromatic heterocycles. The van der Waals surface area contributed by atoms with Crippen LogP contribution < -0.4 is 9.47 Å². The van der Waals surface area contributed by atoms with E-state index in [2.05, 4.69) is 5.10 Å². The van der Waals surface area contributed by atoms with E-state index >= 15 is 0 Å². The van der Waals surface area contributed by atoms with Crippen molar-refractivity contribution in [1.29, 1.82) is 0 Å². The Hall–Kier alpha value is -2.54. The van der Waals surface area contributed by atoms with Crippen LogP contribution in [0.3, 0.4) is 0 Å². The Labute approximate surface area is 147 Å². The summed E-state index contributed by atoms with van der Waals surface area (Å²) in [7, 11) is 3.50. The zero-order valence-electron chi connectivity index (χ0n) is 14.6. The van der Waals surface area contributed by atoms with Gasteiger partial charge >= 0.3 is 0 Å². The van der Waals surface area contributed by atoms with Crippen molar-refractivity contribution in [1.82, 2.24) is 14.7 Å². The van der Waals surface area contributed by atoms with Crippen LogP contribution in [-0.4, -0.2) is 47.6 Å². The lowest BCUT2D eigenvalue weighted by molar-refractivity contribution is -0.132. The Morgan fingerprint density at radius 1 is 1.32 bits per heavy atom. The lowest BCUT2D eigenvalue weighted by Gasteiger charge is -2.22. The molecule has 25 heavy (non-hydrogen) atoms. The minimum absolute atomic E-state index is 0.0959. The van der Waals surface area contributed by atoms with E-state index < -0.39 is 0 Å². The van der Waals surface area contributed by atoms with Gasteiger partial charge in [0.15, 0.2) is 11.5 Å². The summed E-state index contributed by atoms with van der Waals surface area (Å²) in [4.78, 5) is 14.5. The van der Waals surface area contributed by atoms with Crippen LogP contribution in [0.4, 0.5) is 0 Å². The number of benzene rings is 1. The second-order valence-corrected chi connectivity index (χ2v) is 6.02. The van der Waals surface area contributed by atoms with Gasteiger partial charge in [-0.05, 0) is 24.1 Å². The fourth-order valence-electron chi connectivity index (χ4n) is 2.77. The second kappa shape index (κ2) is 8.02. The fraction of sp³-hybridized carbons (Fsp3) is 0.444. The first-order valence-electron chi connectivity index (χ1n) is 8.28. The van der Waals surface area contributed by atoms with Gasteiger partial charge < -0.3 is 19.1 Å². The van der Waals surface area contributed by atoms with Gasteiger partial charge in [0.05, 0.1) is 12.8 Å². The lowest BCUT2D eigenvalue weighted by Crippen LogP contribution is -2.33. The van der Waals surface area contributed by atoms with E-state index in [4.69, 9.17) is 14.2 Å². The molecule has 3 rings (SSSR count). The molecule has 7 heteroatoms. The standard InChI is InChI=1S/C18H23N3O4/c1-20-11-15(10-19-20)12-21(7-8-23-2)18(22)6-4-14-3-5-16-17(9-14)25-13-24-16/h3,5,9-11H,4,6-8,12-13H2,1-2H3. The maximum absolute atomic E-state index is 12.7. The van der Waals surface area contributed by atoms with Gasteiger partial charge in [-0.3, -0.25) is 9.48 Å². The number of nitrogens with zero attached hydrogens (tertiary/aromatic N) is 3. The number of amides is 1. The van der Waals surface area contributed by atoms with E-state index in [1.807, 2.05) is 36.3 Å². The zero-order chi connectivity index (χ0) is 17.6. The summed E-state index contributed by atoms with van der Waals surface area (Å²) in [5.74, 6) is 1.60. The molecule has 2 aromatic rings. The molecule has 7 nitrogen and oxygen atoms in total.